The quantitative estimate of drug-likeness (QED) is 0.424. The molecule has 0 unspecified atom stereocenters. The minimum Gasteiger partial charge on any atom is -0.381 e. The van der Waals surface area contributed by atoms with Crippen LogP contribution in [0, 0.1) is 11.3 Å². The van der Waals surface area contributed by atoms with E-state index in [4.69, 9.17) is 15.9 Å². The summed E-state index contributed by atoms with van der Waals surface area (Å²) in [6.45, 7) is 1.60. The first-order valence-corrected chi connectivity index (χ1v) is 3.75. The van der Waals surface area contributed by atoms with E-state index in [0.717, 1.165) is 26.1 Å². The summed E-state index contributed by atoms with van der Waals surface area (Å²) in [5.41, 5.74) is 5.06. The Balaban J connectivity index is 2.29. The van der Waals surface area contributed by atoms with E-state index in [0.29, 0.717) is 5.92 Å². The number of guanidine groups is 1. The molecule has 0 bridgehead atoms. The van der Waals surface area contributed by atoms with Crippen LogP contribution in [0.2, 0.25) is 0 Å². The molecule has 1 aliphatic heterocycles. The van der Waals surface area contributed by atoms with Crippen LogP contribution in [-0.2, 0) is 4.74 Å². The molecule has 1 rings (SSSR count). The third kappa shape index (κ3) is 3.13. The zero-order valence-corrected chi connectivity index (χ0v) is 6.42. The van der Waals surface area contributed by atoms with E-state index in [1.165, 1.54) is 0 Å². The maximum Gasteiger partial charge on any atom is 0.212 e. The summed E-state index contributed by atoms with van der Waals surface area (Å²) in [7, 11) is 0. The van der Waals surface area contributed by atoms with Crippen LogP contribution in [-0.4, -0.2) is 25.4 Å². The number of hydrogen-bond donors (Lipinski definition) is 2. The lowest BCUT2D eigenvalue weighted by Crippen LogP contribution is -2.17. The van der Waals surface area contributed by atoms with E-state index in [1.807, 2.05) is 0 Å². The Labute approximate surface area is 66.0 Å². The minimum atomic E-state index is -0.114. The third-order valence-electron chi connectivity index (χ3n) is 1.69. The largest absolute Gasteiger partial charge is 0.381 e. The van der Waals surface area contributed by atoms with Crippen LogP contribution < -0.4 is 5.73 Å². The summed E-state index contributed by atoms with van der Waals surface area (Å²) in [5, 5.41) is 6.86. The Morgan fingerprint density at radius 2 is 2.18 bits per heavy atom. The van der Waals surface area contributed by atoms with Crippen LogP contribution in [0.4, 0.5) is 0 Å². The third-order valence-corrected chi connectivity index (χ3v) is 1.69. The van der Waals surface area contributed by atoms with Crippen molar-refractivity contribution in [2.45, 2.75) is 12.8 Å². The molecule has 1 fully saturated rings. The zero-order valence-electron chi connectivity index (χ0n) is 6.42. The van der Waals surface area contributed by atoms with Crippen LogP contribution in [0.5, 0.6) is 0 Å². The van der Waals surface area contributed by atoms with Gasteiger partial charge in [-0.1, -0.05) is 0 Å². The van der Waals surface area contributed by atoms with Gasteiger partial charge in [-0.05, 0) is 18.8 Å². The van der Waals surface area contributed by atoms with Gasteiger partial charge >= 0.3 is 0 Å². The number of ether oxygens (including phenoxy) is 1. The molecule has 0 atom stereocenters. The fourth-order valence-corrected chi connectivity index (χ4v) is 1.05. The molecule has 0 aromatic heterocycles. The smallest absolute Gasteiger partial charge is 0.212 e. The maximum absolute atomic E-state index is 6.86. The summed E-state index contributed by atoms with van der Waals surface area (Å²) in [4.78, 5) is 3.73. The molecule has 1 heterocycles. The normalized spacial score (nSPS) is 20.7. The van der Waals surface area contributed by atoms with Crippen LogP contribution in [0.15, 0.2) is 4.99 Å². The van der Waals surface area contributed by atoms with Gasteiger partial charge in [0.15, 0.2) is 0 Å². The van der Waals surface area contributed by atoms with Crippen LogP contribution in [0.3, 0.4) is 0 Å². The fourth-order valence-electron chi connectivity index (χ4n) is 1.05. The molecule has 0 spiro atoms. The van der Waals surface area contributed by atoms with Crippen molar-refractivity contribution in [3.05, 3.63) is 0 Å². The van der Waals surface area contributed by atoms with Gasteiger partial charge < -0.3 is 10.5 Å². The molecule has 1 aliphatic rings. The minimum absolute atomic E-state index is 0.114. The first kappa shape index (κ1) is 8.20. The van der Waals surface area contributed by atoms with E-state index >= 15 is 0 Å². The van der Waals surface area contributed by atoms with Crippen molar-refractivity contribution in [3.63, 3.8) is 0 Å². The molecule has 3 N–H and O–H groups in total. The molecule has 11 heavy (non-hydrogen) atoms. The Morgan fingerprint density at radius 1 is 1.55 bits per heavy atom. The van der Waals surface area contributed by atoms with Gasteiger partial charge in [0.2, 0.25) is 5.96 Å². The van der Waals surface area contributed by atoms with Gasteiger partial charge in [0.25, 0.3) is 0 Å². The first-order chi connectivity index (χ1) is 5.29. The molecule has 62 valence electrons. The Kier molecular flexibility index (Phi) is 3.04. The molecule has 1 saturated heterocycles. The summed E-state index contributed by atoms with van der Waals surface area (Å²) >= 11 is 0. The molecule has 0 amide bonds. The van der Waals surface area contributed by atoms with Crippen molar-refractivity contribution in [1.82, 2.24) is 0 Å². The number of rotatable bonds is 1. The van der Waals surface area contributed by atoms with Gasteiger partial charge in [-0.25, -0.2) is 4.99 Å². The molecule has 0 radical (unpaired) electrons. The number of nitrogens with one attached hydrogen (secondary N) is 1. The van der Waals surface area contributed by atoms with E-state index in [9.17, 15) is 0 Å². The summed E-state index contributed by atoms with van der Waals surface area (Å²) in [6.07, 6.45) is 3.75. The molecular weight excluding hydrogens is 142 g/mol. The highest BCUT2D eigenvalue weighted by Crippen LogP contribution is 2.11. The molecule has 0 aliphatic carbocycles. The fraction of sp³-hybridized carbons (Fsp3) is 0.714. The predicted octanol–water partition coefficient (Wildman–Crippen LogP) is 0.377. The predicted molar refractivity (Wildman–Crippen MR) is 43.9 cm³/mol. The topological polar surface area (TPSA) is 71.5 Å². The molecule has 0 aromatic carbocycles. The lowest BCUT2D eigenvalue weighted by atomic mass is 10.0. The molecule has 0 saturated carbocycles. The second kappa shape index (κ2) is 4.08. The lowest BCUT2D eigenvalue weighted by molar-refractivity contribution is 0.0838. The van der Waals surface area contributed by atoms with Crippen LogP contribution in [0.1, 0.15) is 12.8 Å². The number of nitrogens with two attached hydrogens (primary N) is 1. The van der Waals surface area contributed by atoms with Gasteiger partial charge in [0.1, 0.15) is 0 Å². The van der Waals surface area contributed by atoms with Crippen molar-refractivity contribution in [1.29, 1.82) is 5.41 Å². The lowest BCUT2D eigenvalue weighted by Gasteiger charge is -2.17. The van der Waals surface area contributed by atoms with Crippen LogP contribution >= 0.6 is 0 Å². The van der Waals surface area contributed by atoms with E-state index in [2.05, 4.69) is 4.99 Å². The highest BCUT2D eigenvalue weighted by molar-refractivity contribution is 5.84. The van der Waals surface area contributed by atoms with Gasteiger partial charge in [-0.2, -0.15) is 0 Å². The van der Waals surface area contributed by atoms with Crippen molar-refractivity contribution in [2.24, 2.45) is 16.6 Å². The standard InChI is InChI=1S/C7H13N3O/c8-7(9)10-5-6-1-3-11-4-2-6/h5-6H,1-4H2,(H3,8,9). The maximum atomic E-state index is 6.86. The Bertz CT molecular complexity index is 161. The highest BCUT2D eigenvalue weighted by atomic mass is 16.5. The first-order valence-electron chi connectivity index (χ1n) is 3.75. The van der Waals surface area contributed by atoms with Crippen LogP contribution in [0.25, 0.3) is 0 Å². The van der Waals surface area contributed by atoms with Gasteiger partial charge in [-0.3, -0.25) is 5.41 Å². The van der Waals surface area contributed by atoms with Crippen molar-refractivity contribution in [2.75, 3.05) is 13.2 Å². The average Bonchev–Trinajstić information content (AvgIpc) is 2.03. The van der Waals surface area contributed by atoms with Gasteiger partial charge in [0, 0.05) is 19.4 Å². The second-order valence-corrected chi connectivity index (χ2v) is 2.61. The second-order valence-electron chi connectivity index (χ2n) is 2.61. The summed E-state index contributed by atoms with van der Waals surface area (Å²) < 4.78 is 5.16. The molecule has 0 aromatic rings. The van der Waals surface area contributed by atoms with E-state index in [-0.39, 0.29) is 5.96 Å². The SMILES string of the molecule is N=C(N)N=CC1CCOCC1. The van der Waals surface area contributed by atoms with Gasteiger partial charge in [0.05, 0.1) is 0 Å². The monoisotopic (exact) mass is 155 g/mol. The van der Waals surface area contributed by atoms with E-state index < -0.39 is 0 Å². The summed E-state index contributed by atoms with van der Waals surface area (Å²) in [6, 6.07) is 0. The molecular formula is C7H13N3O. The van der Waals surface area contributed by atoms with Crippen molar-refractivity contribution < 1.29 is 4.74 Å². The summed E-state index contributed by atoms with van der Waals surface area (Å²) in [5.74, 6) is 0.337. The molecule has 4 heteroatoms. The zero-order chi connectivity index (χ0) is 8.10. The number of nitrogens with zero attached hydrogens (tertiary/aromatic N) is 1. The van der Waals surface area contributed by atoms with Crippen molar-refractivity contribution >= 4 is 12.2 Å². The van der Waals surface area contributed by atoms with Crippen molar-refractivity contribution in [3.8, 4) is 0 Å². The van der Waals surface area contributed by atoms with Gasteiger partial charge in [-0.15, -0.1) is 0 Å². The number of hydrogen-bond acceptors (Lipinski definition) is 2. The highest BCUT2D eigenvalue weighted by Gasteiger charge is 2.10. The molecule has 4 nitrogen and oxygen atoms in total. The Morgan fingerprint density at radius 3 is 2.73 bits per heavy atom. The average molecular weight is 155 g/mol. The Hall–Kier alpha value is -0.900. The number of aliphatic imine (C=N–C) groups is 1. The van der Waals surface area contributed by atoms with E-state index in [1.54, 1.807) is 6.21 Å².